The third kappa shape index (κ3) is 3.79. The third-order valence-electron chi connectivity index (χ3n) is 1.67. The number of thioether (sulfide) groups is 1. The van der Waals surface area contributed by atoms with Crippen LogP contribution in [0.4, 0.5) is 0 Å². The first-order valence-corrected chi connectivity index (χ1v) is 6.46. The molecule has 0 aliphatic heterocycles. The van der Waals surface area contributed by atoms with Gasteiger partial charge in [-0.15, -0.1) is 0 Å². The summed E-state index contributed by atoms with van der Waals surface area (Å²) >= 11 is 2.75. The summed E-state index contributed by atoms with van der Waals surface area (Å²) in [5, 5.41) is -0.169. The van der Waals surface area contributed by atoms with E-state index in [1.54, 1.807) is 0 Å². The number of aromatic nitrogens is 2. The van der Waals surface area contributed by atoms with Crippen LogP contribution in [0.25, 0.3) is 0 Å². The zero-order valence-electron chi connectivity index (χ0n) is 9.02. The Balaban J connectivity index is 2.57. The van der Waals surface area contributed by atoms with Crippen LogP contribution < -0.4 is 0 Å². The van der Waals surface area contributed by atoms with Crippen molar-refractivity contribution in [2.24, 2.45) is 0 Å². The summed E-state index contributed by atoms with van der Waals surface area (Å²) in [5.41, 5.74) is 0. The van der Waals surface area contributed by atoms with Crippen molar-refractivity contribution in [3.63, 3.8) is 0 Å². The molecule has 0 saturated carbocycles. The van der Waals surface area contributed by atoms with E-state index in [0.29, 0.717) is 6.61 Å². The van der Waals surface area contributed by atoms with Gasteiger partial charge in [-0.2, -0.15) is 4.37 Å². The maximum atomic E-state index is 11.5. The quantitative estimate of drug-likeness (QED) is 0.589. The summed E-state index contributed by atoms with van der Waals surface area (Å²) in [6.07, 6.45) is 0.738. The van der Waals surface area contributed by atoms with Gasteiger partial charge in [0.1, 0.15) is 11.1 Å². The summed E-state index contributed by atoms with van der Waals surface area (Å²) in [6.45, 7) is 6.03. The van der Waals surface area contributed by atoms with Crippen molar-refractivity contribution < 1.29 is 9.53 Å². The predicted molar refractivity (Wildman–Crippen MR) is 61.2 cm³/mol. The molecule has 1 aromatic heterocycles. The minimum Gasteiger partial charge on any atom is -0.465 e. The average molecular weight is 246 g/mol. The van der Waals surface area contributed by atoms with E-state index in [2.05, 4.69) is 9.36 Å². The van der Waals surface area contributed by atoms with Crippen molar-refractivity contribution in [3.05, 3.63) is 5.82 Å². The highest BCUT2D eigenvalue weighted by Gasteiger charge is 2.20. The Labute approximate surface area is 97.6 Å². The zero-order chi connectivity index (χ0) is 11.3. The number of carbonyl (C=O) groups is 1. The molecule has 0 N–H and O–H groups in total. The topological polar surface area (TPSA) is 52.1 Å². The lowest BCUT2D eigenvalue weighted by molar-refractivity contribution is -0.142. The van der Waals surface area contributed by atoms with E-state index in [1.165, 1.54) is 23.3 Å². The van der Waals surface area contributed by atoms with Crippen LogP contribution in [0.1, 0.15) is 26.1 Å². The summed E-state index contributed by atoms with van der Waals surface area (Å²) in [4.78, 5) is 15.7. The van der Waals surface area contributed by atoms with Gasteiger partial charge < -0.3 is 4.74 Å². The number of nitrogens with zero attached hydrogens (tertiary/aromatic N) is 2. The third-order valence-corrected chi connectivity index (χ3v) is 3.89. The van der Waals surface area contributed by atoms with Gasteiger partial charge in [-0.1, -0.05) is 18.7 Å². The smallest absolute Gasteiger partial charge is 0.319 e. The van der Waals surface area contributed by atoms with Gasteiger partial charge in [0.25, 0.3) is 0 Å². The van der Waals surface area contributed by atoms with Gasteiger partial charge in [0, 0.05) is 0 Å². The maximum Gasteiger partial charge on any atom is 0.319 e. The molecule has 1 aromatic rings. The number of rotatable bonds is 5. The van der Waals surface area contributed by atoms with Crippen LogP contribution in [0.15, 0.2) is 4.34 Å². The molecule has 0 radical (unpaired) electrons. The van der Waals surface area contributed by atoms with Crippen LogP contribution in [0.3, 0.4) is 0 Å². The lowest BCUT2D eigenvalue weighted by Crippen LogP contribution is -2.19. The van der Waals surface area contributed by atoms with E-state index in [9.17, 15) is 4.79 Å². The molecule has 1 atom stereocenters. The van der Waals surface area contributed by atoms with Gasteiger partial charge in [-0.3, -0.25) is 4.79 Å². The standard InChI is InChI=1S/C9H14N2O2S2/c1-4-7(8(12)13-5-2)14-9-10-6(3)11-15-9/h7H,4-5H2,1-3H3. The molecule has 1 unspecified atom stereocenters. The molecule has 84 valence electrons. The Morgan fingerprint density at radius 2 is 2.33 bits per heavy atom. The summed E-state index contributed by atoms with van der Waals surface area (Å²) < 4.78 is 9.86. The minimum atomic E-state index is -0.169. The highest BCUT2D eigenvalue weighted by molar-refractivity contribution is 8.02. The monoisotopic (exact) mass is 246 g/mol. The molecular formula is C9H14N2O2S2. The maximum absolute atomic E-state index is 11.5. The first-order chi connectivity index (χ1) is 7.17. The van der Waals surface area contributed by atoms with Crippen molar-refractivity contribution in [2.75, 3.05) is 6.61 Å². The van der Waals surface area contributed by atoms with Gasteiger partial charge >= 0.3 is 5.97 Å². The first-order valence-electron chi connectivity index (χ1n) is 4.81. The van der Waals surface area contributed by atoms with Gasteiger partial charge in [0.2, 0.25) is 0 Å². The van der Waals surface area contributed by atoms with Crippen LogP contribution >= 0.6 is 23.3 Å². The molecule has 0 spiro atoms. The molecule has 0 bridgehead atoms. The molecule has 15 heavy (non-hydrogen) atoms. The molecule has 0 aromatic carbocycles. The molecular weight excluding hydrogens is 232 g/mol. The lowest BCUT2D eigenvalue weighted by Gasteiger charge is -2.10. The van der Waals surface area contributed by atoms with Crippen LogP contribution in [0.2, 0.25) is 0 Å². The second-order valence-electron chi connectivity index (χ2n) is 2.87. The second-order valence-corrected chi connectivity index (χ2v) is 5.08. The van der Waals surface area contributed by atoms with E-state index in [1.807, 2.05) is 20.8 Å². The van der Waals surface area contributed by atoms with Gasteiger partial charge in [0.05, 0.1) is 6.61 Å². The second kappa shape index (κ2) is 6.07. The fraction of sp³-hybridized carbons (Fsp3) is 0.667. The lowest BCUT2D eigenvalue weighted by atomic mass is 10.3. The zero-order valence-corrected chi connectivity index (χ0v) is 10.7. The highest BCUT2D eigenvalue weighted by atomic mass is 32.2. The van der Waals surface area contributed by atoms with Gasteiger partial charge in [0.15, 0.2) is 4.34 Å². The highest BCUT2D eigenvalue weighted by Crippen LogP contribution is 2.27. The molecule has 4 nitrogen and oxygen atoms in total. The Kier molecular flexibility index (Phi) is 5.04. The molecule has 0 amide bonds. The van der Waals surface area contributed by atoms with E-state index in [0.717, 1.165) is 16.6 Å². The Morgan fingerprint density at radius 3 is 2.80 bits per heavy atom. The number of hydrogen-bond acceptors (Lipinski definition) is 6. The van der Waals surface area contributed by atoms with Crippen LogP contribution in [0.5, 0.6) is 0 Å². The largest absolute Gasteiger partial charge is 0.465 e. The predicted octanol–water partition coefficient (Wildman–Crippen LogP) is 2.28. The molecule has 0 aliphatic rings. The number of carbonyl (C=O) groups excluding carboxylic acids is 1. The van der Waals surface area contributed by atoms with Crippen molar-refractivity contribution in [1.82, 2.24) is 9.36 Å². The van der Waals surface area contributed by atoms with E-state index < -0.39 is 0 Å². The van der Waals surface area contributed by atoms with Crippen molar-refractivity contribution in [3.8, 4) is 0 Å². The number of aryl methyl sites for hydroxylation is 1. The summed E-state index contributed by atoms with van der Waals surface area (Å²) in [5.74, 6) is 0.582. The molecule has 0 fully saturated rings. The number of ether oxygens (including phenoxy) is 1. The number of hydrogen-bond donors (Lipinski definition) is 0. The van der Waals surface area contributed by atoms with Crippen LogP contribution in [-0.4, -0.2) is 27.2 Å². The fourth-order valence-electron chi connectivity index (χ4n) is 0.981. The summed E-state index contributed by atoms with van der Waals surface area (Å²) in [6, 6.07) is 0. The number of esters is 1. The molecule has 1 rings (SSSR count). The Bertz CT molecular complexity index is 328. The normalized spacial score (nSPS) is 12.5. The van der Waals surface area contributed by atoms with Crippen molar-refractivity contribution in [2.45, 2.75) is 36.8 Å². The van der Waals surface area contributed by atoms with Gasteiger partial charge in [-0.05, 0) is 31.8 Å². The SMILES string of the molecule is CCOC(=O)C(CC)Sc1nc(C)ns1. The van der Waals surface area contributed by atoms with E-state index in [-0.39, 0.29) is 11.2 Å². The molecule has 0 saturated heterocycles. The average Bonchev–Trinajstić information content (AvgIpc) is 2.61. The van der Waals surface area contributed by atoms with Gasteiger partial charge in [-0.25, -0.2) is 4.98 Å². The van der Waals surface area contributed by atoms with E-state index in [4.69, 9.17) is 4.74 Å². The molecule has 6 heteroatoms. The molecule has 1 heterocycles. The minimum absolute atomic E-state index is 0.169. The Hall–Kier alpha value is -0.620. The Morgan fingerprint density at radius 1 is 1.60 bits per heavy atom. The van der Waals surface area contributed by atoms with Crippen LogP contribution in [0, 0.1) is 6.92 Å². The van der Waals surface area contributed by atoms with Crippen LogP contribution in [-0.2, 0) is 9.53 Å². The van der Waals surface area contributed by atoms with Crippen molar-refractivity contribution in [1.29, 1.82) is 0 Å². The summed E-state index contributed by atoms with van der Waals surface area (Å²) in [7, 11) is 0. The van der Waals surface area contributed by atoms with E-state index >= 15 is 0 Å². The molecule has 0 aliphatic carbocycles. The van der Waals surface area contributed by atoms with Crippen molar-refractivity contribution >= 4 is 29.3 Å². The fourth-order valence-corrected chi connectivity index (χ4v) is 2.80. The first kappa shape index (κ1) is 12.4.